The first kappa shape index (κ1) is 22.9. The molecule has 1 aromatic heterocycles. The number of anilines is 1. The van der Waals surface area contributed by atoms with Crippen LogP contribution in [0, 0.1) is 0 Å². The molecule has 1 amide bonds. The van der Waals surface area contributed by atoms with Gasteiger partial charge in [-0.3, -0.25) is 0 Å². The summed E-state index contributed by atoms with van der Waals surface area (Å²) in [6, 6.07) is 6.28. The standard InChI is InChI=1S/C18H23N3S2.C4H9NO2/c19-14-7-8-15(16(11-14)23-21-9-4-10-21)17-12-20-18(22-17)13-5-2-1-3-6-13;1-3(2)7-4(5)6/h7-8,11-13H,1-6,9-10,19H2;3H,1-2H3,(H2,5,6). The Morgan fingerprint density at radius 2 is 1.97 bits per heavy atom. The van der Waals surface area contributed by atoms with E-state index < -0.39 is 6.09 Å². The van der Waals surface area contributed by atoms with Gasteiger partial charge in [0, 0.05) is 41.4 Å². The quantitative estimate of drug-likeness (QED) is 0.454. The summed E-state index contributed by atoms with van der Waals surface area (Å²) in [7, 11) is 0. The number of hydrogen-bond donors (Lipinski definition) is 2. The number of thiazole rings is 1. The minimum atomic E-state index is -0.713. The number of nitrogen functional groups attached to an aromatic ring is 1. The van der Waals surface area contributed by atoms with Gasteiger partial charge in [0.2, 0.25) is 0 Å². The molecule has 1 saturated heterocycles. The molecule has 6 nitrogen and oxygen atoms in total. The highest BCUT2D eigenvalue weighted by molar-refractivity contribution is 7.97. The Morgan fingerprint density at radius 1 is 1.23 bits per heavy atom. The largest absolute Gasteiger partial charge is 0.447 e. The zero-order valence-electron chi connectivity index (χ0n) is 17.8. The molecular weight excluding hydrogens is 416 g/mol. The number of nitrogens with zero attached hydrogens (tertiary/aromatic N) is 2. The van der Waals surface area contributed by atoms with Crippen molar-refractivity contribution in [3.63, 3.8) is 0 Å². The SMILES string of the molecule is CC(C)OC(N)=O.Nc1ccc(-c2cnc(C3CCCCC3)s2)c(SN2CCC2)c1. The maximum absolute atomic E-state index is 9.81. The normalized spacial score (nSPS) is 17.2. The maximum atomic E-state index is 9.81. The Bertz CT molecular complexity index is 830. The number of ether oxygens (including phenoxy) is 1. The molecule has 0 bridgehead atoms. The van der Waals surface area contributed by atoms with Crippen LogP contribution in [0.4, 0.5) is 10.5 Å². The molecule has 2 heterocycles. The van der Waals surface area contributed by atoms with Gasteiger partial charge in [-0.1, -0.05) is 25.3 Å². The van der Waals surface area contributed by atoms with Crippen LogP contribution in [0.15, 0.2) is 29.3 Å². The Morgan fingerprint density at radius 3 is 2.53 bits per heavy atom. The summed E-state index contributed by atoms with van der Waals surface area (Å²) in [5, 5.41) is 1.33. The molecule has 0 radical (unpaired) electrons. The molecule has 4 rings (SSSR count). The van der Waals surface area contributed by atoms with Crippen molar-refractivity contribution in [2.24, 2.45) is 5.73 Å². The smallest absolute Gasteiger partial charge is 0.404 e. The van der Waals surface area contributed by atoms with E-state index in [-0.39, 0.29) is 6.10 Å². The van der Waals surface area contributed by atoms with Crippen molar-refractivity contribution < 1.29 is 9.53 Å². The Balaban J connectivity index is 0.000000318. The lowest BCUT2D eigenvalue weighted by Gasteiger charge is -2.29. The second-order valence-electron chi connectivity index (χ2n) is 8.01. The predicted molar refractivity (Wildman–Crippen MR) is 126 cm³/mol. The fourth-order valence-electron chi connectivity index (χ4n) is 3.52. The second-order valence-corrected chi connectivity index (χ2v) is 10.2. The Labute approximate surface area is 187 Å². The van der Waals surface area contributed by atoms with E-state index in [9.17, 15) is 4.79 Å². The van der Waals surface area contributed by atoms with E-state index >= 15 is 0 Å². The molecular formula is C22H32N4O2S2. The van der Waals surface area contributed by atoms with Crippen molar-refractivity contribution in [1.29, 1.82) is 0 Å². The first-order valence-corrected chi connectivity index (χ1v) is 12.3. The van der Waals surface area contributed by atoms with Gasteiger partial charge >= 0.3 is 6.09 Å². The minimum absolute atomic E-state index is 0.0995. The van der Waals surface area contributed by atoms with Crippen LogP contribution in [-0.2, 0) is 4.74 Å². The molecule has 2 aromatic rings. The molecule has 30 heavy (non-hydrogen) atoms. The van der Waals surface area contributed by atoms with Crippen LogP contribution in [0.25, 0.3) is 10.4 Å². The van der Waals surface area contributed by atoms with Crippen molar-refractivity contribution in [2.75, 3.05) is 18.8 Å². The van der Waals surface area contributed by atoms with E-state index in [4.69, 9.17) is 10.7 Å². The number of primary amides is 1. The first-order chi connectivity index (χ1) is 14.4. The topological polar surface area (TPSA) is 94.5 Å². The van der Waals surface area contributed by atoms with Crippen molar-refractivity contribution in [1.82, 2.24) is 9.29 Å². The van der Waals surface area contributed by atoms with Gasteiger partial charge in [0.1, 0.15) is 0 Å². The number of benzene rings is 1. The zero-order valence-corrected chi connectivity index (χ0v) is 19.4. The van der Waals surface area contributed by atoms with E-state index in [1.807, 2.05) is 29.4 Å². The number of rotatable bonds is 5. The van der Waals surface area contributed by atoms with Crippen LogP contribution in [0.3, 0.4) is 0 Å². The Kier molecular flexibility index (Phi) is 8.41. The number of nitrogens with two attached hydrogens (primary N) is 2. The molecule has 4 N–H and O–H groups in total. The molecule has 2 fully saturated rings. The lowest BCUT2D eigenvalue weighted by atomic mass is 9.90. The van der Waals surface area contributed by atoms with Gasteiger partial charge in [-0.2, -0.15) is 0 Å². The van der Waals surface area contributed by atoms with E-state index in [0.29, 0.717) is 5.92 Å². The number of carbonyl (C=O) groups excluding carboxylic acids is 1. The maximum Gasteiger partial charge on any atom is 0.404 e. The first-order valence-electron chi connectivity index (χ1n) is 10.7. The van der Waals surface area contributed by atoms with Gasteiger partial charge in [0.25, 0.3) is 0 Å². The van der Waals surface area contributed by atoms with Crippen molar-refractivity contribution in [3.8, 4) is 10.4 Å². The highest BCUT2D eigenvalue weighted by atomic mass is 32.2. The van der Waals surface area contributed by atoms with Crippen LogP contribution < -0.4 is 11.5 Å². The fraction of sp³-hybridized carbons (Fsp3) is 0.545. The number of aromatic nitrogens is 1. The summed E-state index contributed by atoms with van der Waals surface area (Å²) in [5.41, 5.74) is 12.8. The molecule has 8 heteroatoms. The lowest BCUT2D eigenvalue weighted by Crippen LogP contribution is -2.30. The average Bonchev–Trinajstić information content (AvgIpc) is 3.15. The highest BCUT2D eigenvalue weighted by Gasteiger charge is 2.21. The number of carbonyl (C=O) groups is 1. The van der Waals surface area contributed by atoms with E-state index in [0.717, 1.165) is 5.69 Å². The van der Waals surface area contributed by atoms with Crippen LogP contribution >= 0.6 is 23.3 Å². The molecule has 1 aliphatic carbocycles. The lowest BCUT2D eigenvalue weighted by molar-refractivity contribution is 0.125. The average molecular weight is 449 g/mol. The summed E-state index contributed by atoms with van der Waals surface area (Å²) >= 11 is 3.72. The minimum Gasteiger partial charge on any atom is -0.447 e. The second kappa shape index (κ2) is 11.0. The third-order valence-corrected chi connectivity index (χ3v) is 7.49. The summed E-state index contributed by atoms with van der Waals surface area (Å²) in [6.07, 6.45) is 9.29. The van der Waals surface area contributed by atoms with Crippen LogP contribution in [0.1, 0.15) is 63.3 Å². The zero-order chi connectivity index (χ0) is 21.5. The third-order valence-electron chi connectivity index (χ3n) is 5.14. The monoisotopic (exact) mass is 448 g/mol. The highest BCUT2D eigenvalue weighted by Crippen LogP contribution is 2.41. The van der Waals surface area contributed by atoms with Gasteiger partial charge in [0.15, 0.2) is 0 Å². The molecule has 0 atom stereocenters. The summed E-state index contributed by atoms with van der Waals surface area (Å²) in [5.74, 6) is 0.683. The van der Waals surface area contributed by atoms with E-state index in [1.54, 1.807) is 13.8 Å². The van der Waals surface area contributed by atoms with Crippen LogP contribution in [0.2, 0.25) is 0 Å². The number of amides is 1. The van der Waals surface area contributed by atoms with E-state index in [2.05, 4.69) is 33.1 Å². The van der Waals surface area contributed by atoms with Gasteiger partial charge < -0.3 is 16.2 Å². The van der Waals surface area contributed by atoms with Gasteiger partial charge in [0.05, 0.1) is 16.0 Å². The molecule has 1 saturated carbocycles. The molecule has 0 unspecified atom stereocenters. The summed E-state index contributed by atoms with van der Waals surface area (Å²) in [6.45, 7) is 5.83. The molecule has 0 spiro atoms. The third kappa shape index (κ3) is 6.62. The number of hydrogen-bond acceptors (Lipinski definition) is 7. The van der Waals surface area contributed by atoms with Gasteiger partial charge in [-0.15, -0.1) is 11.3 Å². The molecule has 1 aliphatic heterocycles. The predicted octanol–water partition coefficient (Wildman–Crippen LogP) is 5.64. The van der Waals surface area contributed by atoms with Crippen molar-refractivity contribution in [3.05, 3.63) is 29.4 Å². The van der Waals surface area contributed by atoms with E-state index in [1.165, 1.54) is 72.0 Å². The summed E-state index contributed by atoms with van der Waals surface area (Å²) < 4.78 is 6.79. The molecule has 2 aliphatic rings. The van der Waals surface area contributed by atoms with Crippen molar-refractivity contribution in [2.45, 2.75) is 69.3 Å². The summed E-state index contributed by atoms with van der Waals surface area (Å²) in [4.78, 5) is 17.1. The van der Waals surface area contributed by atoms with Crippen LogP contribution in [-0.4, -0.2) is 34.6 Å². The fourth-order valence-corrected chi connectivity index (χ4v) is 5.89. The Hall–Kier alpha value is -1.77. The van der Waals surface area contributed by atoms with Gasteiger partial charge in [-0.25, -0.2) is 14.1 Å². The van der Waals surface area contributed by atoms with Gasteiger partial charge in [-0.05, 0) is 57.2 Å². The molecule has 1 aromatic carbocycles. The van der Waals surface area contributed by atoms with Crippen LogP contribution in [0.5, 0.6) is 0 Å². The molecule has 164 valence electrons. The van der Waals surface area contributed by atoms with Crippen molar-refractivity contribution >= 4 is 35.1 Å².